The van der Waals surface area contributed by atoms with Crippen LogP contribution < -0.4 is 9.47 Å². The first kappa shape index (κ1) is 23.1. The van der Waals surface area contributed by atoms with Crippen molar-refractivity contribution in [2.75, 3.05) is 0 Å². The number of nitrogens with zero attached hydrogens (tertiary/aromatic N) is 6. The summed E-state index contributed by atoms with van der Waals surface area (Å²) >= 11 is 0. The van der Waals surface area contributed by atoms with Crippen LogP contribution in [0.1, 0.15) is 22.3 Å². The predicted molar refractivity (Wildman–Crippen MR) is 103 cm³/mol. The minimum atomic E-state index is -3.53. The van der Waals surface area contributed by atoms with Crippen LogP contribution in [-0.2, 0) is 0 Å². The lowest BCUT2D eigenvalue weighted by atomic mass is 9.89. The zero-order chi connectivity index (χ0) is 25.2. The fraction of sp³-hybridized carbons (Fsp3) is 0.0909. The molecule has 0 atom stereocenters. The largest absolute Gasteiger partial charge is 0.433 e. The highest BCUT2D eigenvalue weighted by molar-refractivity contribution is 6.13. The molecule has 0 aromatic heterocycles. The SMILES string of the molecule is N#CC1=CC(=C(C#N)C#N)c2c(OC(F)F)c3c(c(OC(F)F)c21)C(=C(C#N)C#N)C=C3C#N. The van der Waals surface area contributed by atoms with Crippen LogP contribution in [0.5, 0.6) is 11.5 Å². The Morgan fingerprint density at radius 1 is 0.588 bits per heavy atom. The van der Waals surface area contributed by atoms with Gasteiger partial charge in [0, 0.05) is 33.4 Å². The van der Waals surface area contributed by atoms with Gasteiger partial charge in [0.05, 0.1) is 23.3 Å². The van der Waals surface area contributed by atoms with E-state index in [2.05, 4.69) is 9.47 Å². The average molecular weight is 460 g/mol. The molecule has 0 heterocycles. The number of fused-ring (bicyclic) bond motifs is 2. The van der Waals surface area contributed by atoms with Gasteiger partial charge >= 0.3 is 13.2 Å². The molecule has 8 nitrogen and oxygen atoms in total. The fourth-order valence-corrected chi connectivity index (χ4v) is 3.58. The Bertz CT molecular complexity index is 1380. The Labute approximate surface area is 188 Å². The predicted octanol–water partition coefficient (Wildman–Crippen LogP) is 4.33. The van der Waals surface area contributed by atoms with Gasteiger partial charge in [0.1, 0.15) is 46.9 Å². The third-order valence-corrected chi connectivity index (χ3v) is 4.70. The summed E-state index contributed by atoms with van der Waals surface area (Å²) in [6.45, 7) is -7.07. The van der Waals surface area contributed by atoms with Gasteiger partial charge in [-0.2, -0.15) is 49.1 Å². The normalized spacial score (nSPS) is 12.7. The molecule has 3 rings (SSSR count). The molecule has 162 valence electrons. The molecule has 2 aliphatic carbocycles. The van der Waals surface area contributed by atoms with Gasteiger partial charge in [0.25, 0.3) is 0 Å². The van der Waals surface area contributed by atoms with Crippen molar-refractivity contribution in [3.05, 3.63) is 45.6 Å². The van der Waals surface area contributed by atoms with E-state index in [1.54, 1.807) is 12.1 Å². The Morgan fingerprint density at radius 3 is 1.15 bits per heavy atom. The van der Waals surface area contributed by atoms with Crippen LogP contribution in [0.4, 0.5) is 17.6 Å². The van der Waals surface area contributed by atoms with E-state index in [1.807, 2.05) is 0 Å². The van der Waals surface area contributed by atoms with Crippen LogP contribution in [-0.4, -0.2) is 13.2 Å². The highest BCUT2D eigenvalue weighted by Crippen LogP contribution is 2.57. The Balaban J connectivity index is 2.72. The number of nitriles is 6. The monoisotopic (exact) mass is 460 g/mol. The summed E-state index contributed by atoms with van der Waals surface area (Å²) in [5.41, 5.74) is -5.15. The highest BCUT2D eigenvalue weighted by atomic mass is 19.3. The molecule has 1 aromatic carbocycles. The van der Waals surface area contributed by atoms with E-state index in [4.69, 9.17) is 0 Å². The van der Waals surface area contributed by atoms with E-state index < -0.39 is 80.4 Å². The lowest BCUT2D eigenvalue weighted by molar-refractivity contribution is -0.0534. The summed E-state index contributed by atoms with van der Waals surface area (Å²) in [6.07, 6.45) is 1.85. The number of rotatable bonds is 4. The first-order chi connectivity index (χ1) is 16.3. The van der Waals surface area contributed by atoms with Crippen molar-refractivity contribution in [1.29, 1.82) is 31.6 Å². The summed E-state index contributed by atoms with van der Waals surface area (Å²) in [7, 11) is 0. The number of benzene rings is 1. The molecule has 0 N–H and O–H groups in total. The van der Waals surface area contributed by atoms with Gasteiger partial charge in [-0.15, -0.1) is 0 Å². The summed E-state index contributed by atoms with van der Waals surface area (Å²) in [5.74, 6) is -1.64. The zero-order valence-corrected chi connectivity index (χ0v) is 16.3. The number of allylic oxidation sites excluding steroid dienone is 8. The molecule has 0 spiro atoms. The molecule has 0 amide bonds. The molecule has 0 saturated heterocycles. The standard InChI is InChI=1S/C22H4F4N6O2/c23-21(24)33-19-15-9(3-27)1-13(11(5-29)6-30)17(15)20(34-22(25)26)16-10(4-28)2-14(18(16)19)12(7-31)8-32/h1-2,21-22H. The maximum atomic E-state index is 13.4. The van der Waals surface area contributed by atoms with Crippen molar-refractivity contribution >= 4 is 22.3 Å². The van der Waals surface area contributed by atoms with Crippen LogP contribution in [0.25, 0.3) is 22.3 Å². The van der Waals surface area contributed by atoms with Crippen molar-refractivity contribution in [3.63, 3.8) is 0 Å². The Kier molecular flexibility index (Phi) is 6.05. The number of ether oxygens (including phenoxy) is 2. The molecule has 0 aliphatic heterocycles. The minimum Gasteiger partial charge on any atom is -0.433 e. The maximum Gasteiger partial charge on any atom is 0.387 e. The number of alkyl halides is 4. The molecule has 34 heavy (non-hydrogen) atoms. The van der Waals surface area contributed by atoms with E-state index in [1.165, 1.54) is 24.3 Å². The van der Waals surface area contributed by atoms with Gasteiger partial charge in [-0.25, -0.2) is 0 Å². The lowest BCUT2D eigenvalue weighted by Gasteiger charge is -2.21. The van der Waals surface area contributed by atoms with E-state index in [0.717, 1.165) is 12.2 Å². The Hall–Kier alpha value is -5.56. The second-order valence-corrected chi connectivity index (χ2v) is 6.28. The van der Waals surface area contributed by atoms with Crippen molar-refractivity contribution in [2.24, 2.45) is 0 Å². The summed E-state index contributed by atoms with van der Waals surface area (Å²) in [6, 6.07) is 9.36. The third-order valence-electron chi connectivity index (χ3n) is 4.70. The lowest BCUT2D eigenvalue weighted by Crippen LogP contribution is -2.12. The number of hydrogen-bond donors (Lipinski definition) is 0. The number of hydrogen-bond acceptors (Lipinski definition) is 8. The average Bonchev–Trinajstić information content (AvgIpc) is 3.37. The van der Waals surface area contributed by atoms with Gasteiger partial charge in [0.15, 0.2) is 0 Å². The Morgan fingerprint density at radius 2 is 0.912 bits per heavy atom. The molecular formula is C22H4F4N6O2. The van der Waals surface area contributed by atoms with Crippen molar-refractivity contribution in [1.82, 2.24) is 0 Å². The maximum absolute atomic E-state index is 13.4. The van der Waals surface area contributed by atoms with Gasteiger partial charge in [-0.1, -0.05) is 0 Å². The first-order valence-corrected chi connectivity index (χ1v) is 8.75. The molecular weight excluding hydrogens is 456 g/mol. The van der Waals surface area contributed by atoms with Crippen molar-refractivity contribution < 1.29 is 27.0 Å². The number of halogens is 4. The van der Waals surface area contributed by atoms with Crippen LogP contribution in [0.3, 0.4) is 0 Å². The van der Waals surface area contributed by atoms with E-state index in [9.17, 15) is 49.1 Å². The molecule has 0 fully saturated rings. The minimum absolute atomic E-state index is 0.398. The fourth-order valence-electron chi connectivity index (χ4n) is 3.58. The molecule has 2 aliphatic rings. The van der Waals surface area contributed by atoms with Gasteiger partial charge in [-0.05, 0) is 12.2 Å². The summed E-state index contributed by atoms with van der Waals surface area (Å²) in [4.78, 5) is 0. The van der Waals surface area contributed by atoms with E-state index in [-0.39, 0.29) is 0 Å². The van der Waals surface area contributed by atoms with Crippen LogP contribution >= 0.6 is 0 Å². The summed E-state index contributed by atoms with van der Waals surface area (Å²) in [5, 5.41) is 56.4. The first-order valence-electron chi connectivity index (χ1n) is 8.75. The zero-order valence-electron chi connectivity index (χ0n) is 16.3. The van der Waals surface area contributed by atoms with E-state index in [0.29, 0.717) is 0 Å². The third kappa shape index (κ3) is 3.45. The van der Waals surface area contributed by atoms with Gasteiger partial charge in [0.2, 0.25) is 0 Å². The van der Waals surface area contributed by atoms with Crippen LogP contribution in [0, 0.1) is 68.0 Å². The smallest absolute Gasteiger partial charge is 0.387 e. The topological polar surface area (TPSA) is 161 Å². The van der Waals surface area contributed by atoms with Crippen LogP contribution in [0.2, 0.25) is 0 Å². The highest BCUT2D eigenvalue weighted by Gasteiger charge is 2.40. The van der Waals surface area contributed by atoms with Gasteiger partial charge < -0.3 is 9.47 Å². The molecule has 1 aromatic rings. The van der Waals surface area contributed by atoms with Crippen molar-refractivity contribution in [3.8, 4) is 47.9 Å². The molecule has 0 unspecified atom stereocenters. The molecule has 0 bridgehead atoms. The molecule has 12 heteroatoms. The van der Waals surface area contributed by atoms with Crippen molar-refractivity contribution in [2.45, 2.75) is 13.2 Å². The quantitative estimate of drug-likeness (QED) is 0.474. The van der Waals surface area contributed by atoms with Crippen LogP contribution in [0.15, 0.2) is 23.3 Å². The van der Waals surface area contributed by atoms with Gasteiger partial charge in [-0.3, -0.25) is 0 Å². The second-order valence-electron chi connectivity index (χ2n) is 6.28. The second kappa shape index (κ2) is 8.89. The van der Waals surface area contributed by atoms with E-state index >= 15 is 0 Å². The molecule has 0 saturated carbocycles. The summed E-state index contributed by atoms with van der Waals surface area (Å²) < 4.78 is 62.9. The molecule has 0 radical (unpaired) electrons.